The van der Waals surface area contributed by atoms with Crippen molar-refractivity contribution in [2.45, 2.75) is 19.1 Å². The predicted octanol–water partition coefficient (Wildman–Crippen LogP) is 2.06. The second kappa shape index (κ2) is 1.43. The summed E-state index contributed by atoms with van der Waals surface area (Å²) < 4.78 is 0. The molecule has 7 atom stereocenters. The lowest BCUT2D eigenvalue weighted by atomic mass is 9.67. The van der Waals surface area contributed by atoms with Crippen LogP contribution in [0.25, 0.3) is 0 Å². The van der Waals surface area contributed by atoms with E-state index in [1.807, 2.05) is 0 Å². The Morgan fingerprint density at radius 2 is 1.50 bits per heavy atom. The molecule has 0 amide bonds. The van der Waals surface area contributed by atoms with Crippen LogP contribution in [-0.4, -0.2) is 5.25 Å². The van der Waals surface area contributed by atoms with Crippen LogP contribution in [0.4, 0.5) is 0 Å². The molecule has 0 heterocycles. The van der Waals surface area contributed by atoms with Gasteiger partial charge in [-0.05, 0) is 35.5 Å². The molecule has 0 spiro atoms. The quantitative estimate of drug-likeness (QED) is 0.507. The summed E-state index contributed by atoms with van der Waals surface area (Å²) in [5.41, 5.74) is 0. The maximum absolute atomic E-state index is 4.65. The molecule has 3 aliphatic carbocycles. The Balaban J connectivity index is 1.95. The lowest BCUT2D eigenvalue weighted by molar-refractivity contribution is 0.108. The van der Waals surface area contributed by atoms with Crippen molar-refractivity contribution >= 4 is 12.6 Å². The fourth-order valence-corrected chi connectivity index (χ4v) is 4.52. The second-order valence-electron chi connectivity index (χ2n) is 4.52. The van der Waals surface area contributed by atoms with Gasteiger partial charge in [0.1, 0.15) is 0 Å². The van der Waals surface area contributed by atoms with Gasteiger partial charge in [0, 0.05) is 5.25 Å². The average molecular weight is 154 g/mol. The fraction of sp³-hybridized carbons (Fsp3) is 1.00. The molecule has 1 heteroatoms. The van der Waals surface area contributed by atoms with E-state index in [1.165, 1.54) is 0 Å². The fourth-order valence-electron chi connectivity index (χ4n) is 3.92. The first kappa shape index (κ1) is 5.93. The van der Waals surface area contributed by atoms with Gasteiger partial charge in [0.05, 0.1) is 0 Å². The third-order valence-electron chi connectivity index (χ3n) is 4.39. The van der Waals surface area contributed by atoms with Crippen molar-refractivity contribution in [2.75, 3.05) is 0 Å². The van der Waals surface area contributed by atoms with Crippen molar-refractivity contribution in [3.8, 4) is 0 Å². The van der Waals surface area contributed by atoms with E-state index in [1.54, 1.807) is 0 Å². The topological polar surface area (TPSA) is 0 Å². The number of hydrogen-bond donors (Lipinski definition) is 1. The van der Waals surface area contributed by atoms with E-state index < -0.39 is 0 Å². The van der Waals surface area contributed by atoms with Crippen LogP contribution < -0.4 is 0 Å². The zero-order chi connectivity index (χ0) is 7.04. The van der Waals surface area contributed by atoms with E-state index in [9.17, 15) is 0 Å². The number of rotatable bonds is 0. The Labute approximate surface area is 67.8 Å². The van der Waals surface area contributed by atoms with E-state index in [2.05, 4.69) is 26.5 Å². The minimum absolute atomic E-state index is 0.760. The number of hydrogen-bond acceptors (Lipinski definition) is 1. The van der Waals surface area contributed by atoms with Gasteiger partial charge in [-0.15, -0.1) is 0 Å². The molecule has 3 rings (SSSR count). The van der Waals surface area contributed by atoms with Crippen LogP contribution in [0.1, 0.15) is 13.8 Å². The summed E-state index contributed by atoms with van der Waals surface area (Å²) in [6.07, 6.45) is 0. The first-order valence-corrected chi connectivity index (χ1v) is 4.93. The molecule has 0 aromatic heterocycles. The highest BCUT2D eigenvalue weighted by Crippen LogP contribution is 2.78. The van der Waals surface area contributed by atoms with Gasteiger partial charge in [0.2, 0.25) is 0 Å². The maximum atomic E-state index is 4.65. The van der Waals surface area contributed by atoms with Crippen LogP contribution in [0.3, 0.4) is 0 Å². The minimum atomic E-state index is 0.760. The molecular formula is C9H14S. The molecule has 0 aromatic carbocycles. The third-order valence-corrected chi connectivity index (χ3v) is 5.21. The summed E-state index contributed by atoms with van der Waals surface area (Å²) in [7, 11) is 0. The molecule has 3 saturated carbocycles. The normalized spacial score (nSPS) is 76.5. The summed E-state index contributed by atoms with van der Waals surface area (Å²) in [6.45, 7) is 4.82. The van der Waals surface area contributed by atoms with Crippen LogP contribution in [0, 0.1) is 35.5 Å². The molecular weight excluding hydrogens is 140 g/mol. The molecule has 0 N–H and O–H groups in total. The molecule has 10 heavy (non-hydrogen) atoms. The summed E-state index contributed by atoms with van der Waals surface area (Å²) in [5.74, 6) is 6.32. The van der Waals surface area contributed by atoms with Crippen LogP contribution in [-0.2, 0) is 0 Å². The van der Waals surface area contributed by atoms with Gasteiger partial charge in [-0.3, -0.25) is 0 Å². The van der Waals surface area contributed by atoms with Crippen LogP contribution in [0.5, 0.6) is 0 Å². The Kier molecular flexibility index (Phi) is 0.848. The van der Waals surface area contributed by atoms with Crippen LogP contribution in [0.2, 0.25) is 0 Å². The maximum Gasteiger partial charge on any atom is 0.00792 e. The standard InChI is InChI=1S/C9H14S/c1-3-5-4(2)9(10)8-6(3)7(5)8/h3-10H,1-2H3/t3?,4?,5-,6?,7?,8?,9?/m1/s1. The van der Waals surface area contributed by atoms with Crippen LogP contribution >= 0.6 is 12.6 Å². The van der Waals surface area contributed by atoms with Crippen molar-refractivity contribution in [2.24, 2.45) is 35.5 Å². The number of thiol groups is 1. The SMILES string of the molecule is CC1C(S)C2C3C(C)[C@H]1C23. The predicted molar refractivity (Wildman–Crippen MR) is 45.1 cm³/mol. The van der Waals surface area contributed by atoms with Gasteiger partial charge >= 0.3 is 0 Å². The monoisotopic (exact) mass is 154 g/mol. The van der Waals surface area contributed by atoms with Crippen molar-refractivity contribution < 1.29 is 0 Å². The summed E-state index contributed by atoms with van der Waals surface area (Å²) in [5, 5.41) is 0.760. The highest BCUT2D eigenvalue weighted by Gasteiger charge is 2.75. The van der Waals surface area contributed by atoms with E-state index in [0.717, 1.165) is 40.8 Å². The smallest absolute Gasteiger partial charge is 0.00792 e. The zero-order valence-electron chi connectivity index (χ0n) is 6.49. The summed E-state index contributed by atoms with van der Waals surface area (Å²) in [4.78, 5) is 0. The van der Waals surface area contributed by atoms with Gasteiger partial charge < -0.3 is 0 Å². The molecule has 0 aliphatic heterocycles. The summed E-state index contributed by atoms with van der Waals surface area (Å²) >= 11 is 4.65. The van der Waals surface area contributed by atoms with Gasteiger partial charge in [-0.2, -0.15) is 12.6 Å². The lowest BCUT2D eigenvalue weighted by Gasteiger charge is -2.39. The molecule has 3 fully saturated rings. The Morgan fingerprint density at radius 1 is 0.800 bits per heavy atom. The van der Waals surface area contributed by atoms with E-state index in [4.69, 9.17) is 0 Å². The van der Waals surface area contributed by atoms with Crippen molar-refractivity contribution in [1.29, 1.82) is 0 Å². The average Bonchev–Trinajstić information content (AvgIpc) is 2.49. The van der Waals surface area contributed by atoms with Gasteiger partial charge in [-0.25, -0.2) is 0 Å². The number of fused-ring (bicyclic) bond motifs is 1. The van der Waals surface area contributed by atoms with Crippen molar-refractivity contribution in [3.63, 3.8) is 0 Å². The molecule has 0 radical (unpaired) electrons. The third kappa shape index (κ3) is 0.382. The molecule has 0 saturated heterocycles. The van der Waals surface area contributed by atoms with Crippen molar-refractivity contribution in [1.82, 2.24) is 0 Å². The first-order chi connectivity index (χ1) is 4.73. The Bertz CT molecular complexity index is 187. The van der Waals surface area contributed by atoms with Crippen molar-refractivity contribution in [3.05, 3.63) is 0 Å². The minimum Gasteiger partial charge on any atom is -0.175 e. The first-order valence-electron chi connectivity index (χ1n) is 4.41. The Morgan fingerprint density at radius 3 is 1.90 bits per heavy atom. The highest BCUT2D eigenvalue weighted by molar-refractivity contribution is 7.81. The lowest BCUT2D eigenvalue weighted by Crippen LogP contribution is -2.36. The largest absolute Gasteiger partial charge is 0.175 e. The molecule has 3 aliphatic rings. The molecule has 56 valence electrons. The van der Waals surface area contributed by atoms with E-state index >= 15 is 0 Å². The summed E-state index contributed by atoms with van der Waals surface area (Å²) in [6, 6.07) is 0. The highest BCUT2D eigenvalue weighted by atomic mass is 32.1. The van der Waals surface area contributed by atoms with Gasteiger partial charge in [0.15, 0.2) is 0 Å². The zero-order valence-corrected chi connectivity index (χ0v) is 7.38. The van der Waals surface area contributed by atoms with Gasteiger partial charge in [0.25, 0.3) is 0 Å². The molecule has 0 aromatic rings. The molecule has 0 nitrogen and oxygen atoms in total. The Hall–Kier alpha value is 0.350. The van der Waals surface area contributed by atoms with Crippen LogP contribution in [0.15, 0.2) is 0 Å². The molecule has 0 bridgehead atoms. The van der Waals surface area contributed by atoms with Gasteiger partial charge in [-0.1, -0.05) is 13.8 Å². The van der Waals surface area contributed by atoms with E-state index in [0.29, 0.717) is 0 Å². The van der Waals surface area contributed by atoms with E-state index in [-0.39, 0.29) is 0 Å². The molecule has 6 unspecified atom stereocenters. The second-order valence-corrected chi connectivity index (χ2v) is 5.11.